The first kappa shape index (κ1) is 15.4. The van der Waals surface area contributed by atoms with Crippen LogP contribution < -0.4 is 4.74 Å². The van der Waals surface area contributed by atoms with E-state index in [2.05, 4.69) is 4.98 Å². The summed E-state index contributed by atoms with van der Waals surface area (Å²) in [6, 6.07) is 5.63. The molecule has 1 fully saturated rings. The van der Waals surface area contributed by atoms with Crippen LogP contribution in [0.15, 0.2) is 24.4 Å². The number of carbonyl (C=O) groups excluding carboxylic acids is 1. The minimum absolute atomic E-state index is 0.0832. The third kappa shape index (κ3) is 3.14. The Hall–Kier alpha value is -2.54. The molecule has 0 saturated carbocycles. The van der Waals surface area contributed by atoms with E-state index in [0.717, 1.165) is 22.2 Å². The van der Waals surface area contributed by atoms with Gasteiger partial charge in [-0.05, 0) is 23.8 Å². The lowest BCUT2D eigenvalue weighted by Gasteiger charge is -2.30. The number of rotatable bonds is 4. The molecule has 1 aliphatic rings. The van der Waals surface area contributed by atoms with Crippen molar-refractivity contribution >= 4 is 22.8 Å². The number of aromatic amines is 1. The maximum atomic E-state index is 12.5. The second kappa shape index (κ2) is 6.29. The number of H-pyrrole nitrogens is 1. The molecule has 2 N–H and O–H groups in total. The molecule has 1 saturated heterocycles. The lowest BCUT2D eigenvalue weighted by atomic mass is 10.1. The summed E-state index contributed by atoms with van der Waals surface area (Å²) >= 11 is 0. The number of morpholine rings is 1. The van der Waals surface area contributed by atoms with Crippen LogP contribution in [-0.2, 0) is 20.7 Å². The number of hydrogen-bond donors (Lipinski definition) is 2. The Morgan fingerprint density at radius 3 is 3.04 bits per heavy atom. The number of carboxylic acid groups (broad SMARTS) is 1. The zero-order chi connectivity index (χ0) is 16.4. The fourth-order valence-corrected chi connectivity index (χ4v) is 2.73. The maximum absolute atomic E-state index is 12.5. The molecule has 0 radical (unpaired) electrons. The summed E-state index contributed by atoms with van der Waals surface area (Å²) in [6.45, 7) is 0.735. The number of carboxylic acids is 1. The Labute approximate surface area is 132 Å². The summed E-state index contributed by atoms with van der Waals surface area (Å²) in [4.78, 5) is 28.1. The molecule has 122 valence electrons. The first-order valence-electron chi connectivity index (χ1n) is 7.34. The molecule has 1 atom stereocenters. The van der Waals surface area contributed by atoms with Crippen molar-refractivity contribution in [1.82, 2.24) is 9.88 Å². The first-order chi connectivity index (χ1) is 11.1. The number of aliphatic carboxylic acids is 1. The quantitative estimate of drug-likeness (QED) is 0.878. The van der Waals surface area contributed by atoms with Gasteiger partial charge in [0.05, 0.1) is 26.7 Å². The molecule has 1 amide bonds. The van der Waals surface area contributed by atoms with Gasteiger partial charge in [-0.3, -0.25) is 4.79 Å². The number of amides is 1. The van der Waals surface area contributed by atoms with E-state index in [4.69, 9.17) is 14.6 Å². The molecule has 7 nitrogen and oxygen atoms in total. The SMILES string of the molecule is COc1ccc2[nH]cc(CC(=O)N3CCO[C@@H](C(=O)O)C3)c2c1. The zero-order valence-corrected chi connectivity index (χ0v) is 12.7. The smallest absolute Gasteiger partial charge is 0.334 e. The highest BCUT2D eigenvalue weighted by Crippen LogP contribution is 2.24. The minimum atomic E-state index is -1.04. The van der Waals surface area contributed by atoms with E-state index in [-0.39, 0.29) is 25.5 Å². The Bertz CT molecular complexity index is 739. The molecule has 1 aromatic carbocycles. The molecule has 3 rings (SSSR count). The molecule has 2 aromatic rings. The summed E-state index contributed by atoms with van der Waals surface area (Å²) in [5, 5.41) is 9.94. The number of ether oxygens (including phenoxy) is 2. The van der Waals surface area contributed by atoms with Gasteiger partial charge in [-0.25, -0.2) is 4.79 Å². The van der Waals surface area contributed by atoms with E-state index < -0.39 is 12.1 Å². The van der Waals surface area contributed by atoms with E-state index in [1.54, 1.807) is 18.2 Å². The Balaban J connectivity index is 1.76. The molecule has 2 heterocycles. The predicted molar refractivity (Wildman–Crippen MR) is 82.5 cm³/mol. The van der Waals surface area contributed by atoms with Crippen molar-refractivity contribution in [2.75, 3.05) is 26.8 Å². The van der Waals surface area contributed by atoms with Crippen LogP contribution in [0.1, 0.15) is 5.56 Å². The molecule has 0 bridgehead atoms. The second-order valence-electron chi connectivity index (χ2n) is 5.44. The summed E-state index contributed by atoms with van der Waals surface area (Å²) < 4.78 is 10.4. The van der Waals surface area contributed by atoms with Crippen LogP contribution in [0.3, 0.4) is 0 Å². The van der Waals surface area contributed by atoms with E-state index in [1.807, 2.05) is 18.2 Å². The lowest BCUT2D eigenvalue weighted by molar-refractivity contribution is -0.159. The van der Waals surface area contributed by atoms with Gasteiger partial charge in [0.1, 0.15) is 5.75 Å². The molecule has 0 unspecified atom stereocenters. The van der Waals surface area contributed by atoms with Crippen molar-refractivity contribution in [3.63, 3.8) is 0 Å². The monoisotopic (exact) mass is 318 g/mol. The second-order valence-corrected chi connectivity index (χ2v) is 5.44. The van der Waals surface area contributed by atoms with Crippen LogP contribution in [0.25, 0.3) is 10.9 Å². The Kier molecular flexibility index (Phi) is 4.20. The predicted octanol–water partition coefficient (Wildman–Crippen LogP) is 1.03. The number of carbonyl (C=O) groups is 2. The highest BCUT2D eigenvalue weighted by Gasteiger charge is 2.29. The molecule has 1 aromatic heterocycles. The molecule has 23 heavy (non-hydrogen) atoms. The maximum Gasteiger partial charge on any atom is 0.334 e. The van der Waals surface area contributed by atoms with E-state index in [1.165, 1.54) is 0 Å². The molecule has 7 heteroatoms. The highest BCUT2D eigenvalue weighted by atomic mass is 16.5. The van der Waals surface area contributed by atoms with Gasteiger partial charge in [0.2, 0.25) is 5.91 Å². The van der Waals surface area contributed by atoms with Crippen LogP contribution in [0, 0.1) is 0 Å². The van der Waals surface area contributed by atoms with Crippen molar-refractivity contribution in [3.05, 3.63) is 30.0 Å². The first-order valence-corrected chi connectivity index (χ1v) is 7.34. The van der Waals surface area contributed by atoms with Crippen LogP contribution in [0.4, 0.5) is 0 Å². The fourth-order valence-electron chi connectivity index (χ4n) is 2.73. The zero-order valence-electron chi connectivity index (χ0n) is 12.7. The number of fused-ring (bicyclic) bond motifs is 1. The summed E-state index contributed by atoms with van der Waals surface area (Å²) in [5.41, 5.74) is 1.79. The van der Waals surface area contributed by atoms with Crippen molar-refractivity contribution < 1.29 is 24.2 Å². The molecular weight excluding hydrogens is 300 g/mol. The van der Waals surface area contributed by atoms with E-state index >= 15 is 0 Å². The van der Waals surface area contributed by atoms with Crippen molar-refractivity contribution in [2.45, 2.75) is 12.5 Å². The molecule has 0 aliphatic carbocycles. The standard InChI is InChI=1S/C16H18N2O5/c1-22-11-2-3-13-12(7-11)10(8-17-13)6-15(19)18-4-5-23-14(9-18)16(20)21/h2-3,7-8,14,17H,4-6,9H2,1H3,(H,20,21)/t14-/m1/s1. The highest BCUT2D eigenvalue weighted by molar-refractivity contribution is 5.90. The summed E-state index contributed by atoms with van der Waals surface area (Å²) in [7, 11) is 1.60. The fraction of sp³-hybridized carbons (Fsp3) is 0.375. The molecule has 0 spiro atoms. The number of benzene rings is 1. The van der Waals surface area contributed by atoms with Crippen LogP contribution >= 0.6 is 0 Å². The van der Waals surface area contributed by atoms with Crippen LogP contribution in [-0.4, -0.2) is 59.8 Å². The van der Waals surface area contributed by atoms with Crippen LogP contribution in [0.2, 0.25) is 0 Å². The summed E-state index contributed by atoms with van der Waals surface area (Å²) in [6.07, 6.45) is 1.06. The number of hydrogen-bond acceptors (Lipinski definition) is 4. The number of aromatic nitrogens is 1. The van der Waals surface area contributed by atoms with Crippen molar-refractivity contribution in [2.24, 2.45) is 0 Å². The summed E-state index contributed by atoms with van der Waals surface area (Å²) in [5.74, 6) is -0.425. The van der Waals surface area contributed by atoms with E-state index in [0.29, 0.717) is 6.54 Å². The number of nitrogens with one attached hydrogen (secondary N) is 1. The van der Waals surface area contributed by atoms with Gasteiger partial charge >= 0.3 is 5.97 Å². The van der Waals surface area contributed by atoms with Gasteiger partial charge in [0.25, 0.3) is 0 Å². The normalized spacial score (nSPS) is 18.1. The van der Waals surface area contributed by atoms with Gasteiger partial charge in [0, 0.05) is 23.6 Å². The van der Waals surface area contributed by atoms with Gasteiger partial charge < -0.3 is 24.5 Å². The molecular formula is C16H18N2O5. The van der Waals surface area contributed by atoms with Gasteiger partial charge in [-0.15, -0.1) is 0 Å². The van der Waals surface area contributed by atoms with Gasteiger partial charge in [-0.1, -0.05) is 0 Å². The van der Waals surface area contributed by atoms with E-state index in [9.17, 15) is 9.59 Å². The van der Waals surface area contributed by atoms with Crippen molar-refractivity contribution in [1.29, 1.82) is 0 Å². The lowest BCUT2D eigenvalue weighted by Crippen LogP contribution is -2.49. The van der Waals surface area contributed by atoms with Gasteiger partial charge in [0.15, 0.2) is 6.10 Å². The molecule has 1 aliphatic heterocycles. The average molecular weight is 318 g/mol. The van der Waals surface area contributed by atoms with Crippen molar-refractivity contribution in [3.8, 4) is 5.75 Å². The number of methoxy groups -OCH3 is 1. The Morgan fingerprint density at radius 1 is 1.48 bits per heavy atom. The van der Waals surface area contributed by atoms with Crippen LogP contribution in [0.5, 0.6) is 5.75 Å². The third-order valence-electron chi connectivity index (χ3n) is 4.01. The largest absolute Gasteiger partial charge is 0.497 e. The van der Waals surface area contributed by atoms with Gasteiger partial charge in [-0.2, -0.15) is 0 Å². The topological polar surface area (TPSA) is 91.9 Å². The average Bonchev–Trinajstić information content (AvgIpc) is 2.97. The Morgan fingerprint density at radius 2 is 2.30 bits per heavy atom. The third-order valence-corrected chi connectivity index (χ3v) is 4.01. The minimum Gasteiger partial charge on any atom is -0.497 e. The number of nitrogens with zero attached hydrogens (tertiary/aromatic N) is 1.